The molecule has 310 valence electrons. The highest BCUT2D eigenvalue weighted by Crippen LogP contribution is 2.66. The van der Waals surface area contributed by atoms with E-state index in [0.717, 1.165) is 50.3 Å². The zero-order chi connectivity index (χ0) is 44.6. The Labute approximate surface area is 388 Å². The van der Waals surface area contributed by atoms with Gasteiger partial charge in [0.1, 0.15) is 6.07 Å². The number of hydrogen-bond donors (Lipinski definition) is 0. The van der Waals surface area contributed by atoms with Gasteiger partial charge in [-0.05, 0) is 156 Å². The highest BCUT2D eigenvalue weighted by molar-refractivity contribution is 6.21. The van der Waals surface area contributed by atoms with Crippen molar-refractivity contribution in [3.8, 4) is 28.3 Å². The van der Waals surface area contributed by atoms with Gasteiger partial charge in [0, 0.05) is 22.7 Å². The molecule has 13 rings (SSSR count). The lowest BCUT2D eigenvalue weighted by atomic mass is 9.69. The molecule has 0 unspecified atom stereocenters. The number of benzene rings is 11. The van der Waals surface area contributed by atoms with E-state index in [4.69, 9.17) is 6.57 Å². The average molecular weight is 851 g/mol. The van der Waals surface area contributed by atoms with Crippen LogP contribution in [-0.4, -0.2) is 0 Å². The molecule has 2 aliphatic rings. The smallest absolute Gasteiger partial charge is 0.210 e. The van der Waals surface area contributed by atoms with Gasteiger partial charge in [-0.1, -0.05) is 152 Å². The molecule has 67 heavy (non-hydrogen) atoms. The first-order chi connectivity index (χ1) is 33.2. The molecule has 0 N–H and O–H groups in total. The molecular weight excluding hydrogens is 813 g/mol. The Morgan fingerprint density at radius 1 is 0.403 bits per heavy atom. The molecule has 0 fully saturated rings. The van der Waals surface area contributed by atoms with Gasteiger partial charge in [0.05, 0.1) is 28.9 Å². The molecular formula is C63H38N4. The van der Waals surface area contributed by atoms with E-state index in [1.807, 2.05) is 72.8 Å². The topological polar surface area (TPSA) is 34.6 Å². The zero-order valence-corrected chi connectivity index (χ0v) is 36.2. The third-order valence-corrected chi connectivity index (χ3v) is 14.0. The van der Waals surface area contributed by atoms with E-state index < -0.39 is 5.41 Å². The lowest BCUT2D eigenvalue weighted by Crippen LogP contribution is -2.26. The number of hydrogen-bond acceptors (Lipinski definition) is 3. The highest BCUT2D eigenvalue weighted by atomic mass is 15.2. The fraction of sp³-hybridized carbons (Fsp3) is 0.0159. The van der Waals surface area contributed by atoms with Gasteiger partial charge in [-0.15, -0.1) is 0 Å². The molecule has 0 aromatic heterocycles. The van der Waals surface area contributed by atoms with Crippen molar-refractivity contribution < 1.29 is 0 Å². The van der Waals surface area contributed by atoms with Crippen LogP contribution in [0.25, 0.3) is 59.4 Å². The van der Waals surface area contributed by atoms with Gasteiger partial charge < -0.3 is 9.80 Å². The molecule has 0 amide bonds. The summed E-state index contributed by atoms with van der Waals surface area (Å²) in [7, 11) is 0. The summed E-state index contributed by atoms with van der Waals surface area (Å²) >= 11 is 0. The van der Waals surface area contributed by atoms with E-state index >= 15 is 0 Å². The van der Waals surface area contributed by atoms with E-state index in [2.05, 4.69) is 178 Å². The molecule has 0 radical (unpaired) electrons. The first kappa shape index (κ1) is 38.3. The van der Waals surface area contributed by atoms with Crippen LogP contribution in [0.3, 0.4) is 0 Å². The van der Waals surface area contributed by atoms with Crippen molar-refractivity contribution in [2.24, 2.45) is 0 Å². The van der Waals surface area contributed by atoms with Gasteiger partial charge in [0.25, 0.3) is 0 Å². The number of anilines is 6. The number of nitriles is 1. The Morgan fingerprint density at radius 3 is 1.67 bits per heavy atom. The van der Waals surface area contributed by atoms with Gasteiger partial charge >= 0.3 is 0 Å². The maximum absolute atomic E-state index is 10.3. The van der Waals surface area contributed by atoms with Crippen molar-refractivity contribution in [3.63, 3.8) is 0 Å². The highest BCUT2D eigenvalue weighted by Gasteiger charge is 2.53. The standard InChI is InChI=1S/C63H38N4/c1-65-58-29-15-17-31-60(58)67(45-21-6-3-7-22-45)47-34-35-52-53(39-47)48-23-9-10-26-51(48)61-54-37-41-32-33-46(66(44-19-4-2-5-20-44)59-30-16-8-18-42(59)40-64)36-43(41)38-57(54)63(62(52)61)55-27-13-11-24-49(55)50-25-12-14-28-56(50)63/h2-39H. The maximum atomic E-state index is 10.3. The summed E-state index contributed by atoms with van der Waals surface area (Å²) in [6, 6.07) is 84.3. The van der Waals surface area contributed by atoms with Gasteiger partial charge in [-0.2, -0.15) is 5.26 Å². The van der Waals surface area contributed by atoms with Gasteiger partial charge in [-0.25, -0.2) is 4.85 Å². The Balaban J connectivity index is 1.12. The molecule has 1 spiro atoms. The van der Waals surface area contributed by atoms with Crippen LogP contribution < -0.4 is 9.80 Å². The lowest BCUT2D eigenvalue weighted by Gasteiger charge is -2.32. The third-order valence-electron chi connectivity index (χ3n) is 14.0. The Hall–Kier alpha value is -9.22. The molecule has 0 aliphatic heterocycles. The van der Waals surface area contributed by atoms with Crippen molar-refractivity contribution in [2.45, 2.75) is 5.41 Å². The zero-order valence-electron chi connectivity index (χ0n) is 36.2. The lowest BCUT2D eigenvalue weighted by molar-refractivity contribution is 0.803. The molecule has 11 aromatic carbocycles. The minimum atomic E-state index is -0.645. The van der Waals surface area contributed by atoms with Crippen molar-refractivity contribution in [3.05, 3.63) is 270 Å². The molecule has 0 saturated carbocycles. The first-order valence-electron chi connectivity index (χ1n) is 22.6. The number of nitrogens with zero attached hydrogens (tertiary/aromatic N) is 4. The van der Waals surface area contributed by atoms with E-state index in [9.17, 15) is 5.26 Å². The van der Waals surface area contributed by atoms with Gasteiger partial charge in [0.15, 0.2) is 0 Å². The predicted octanol–water partition coefficient (Wildman–Crippen LogP) is 16.9. The molecule has 11 aromatic rings. The van der Waals surface area contributed by atoms with Crippen molar-refractivity contribution in [1.82, 2.24) is 0 Å². The molecule has 0 atom stereocenters. The van der Waals surface area contributed by atoms with Gasteiger partial charge in [0.2, 0.25) is 5.69 Å². The van der Waals surface area contributed by atoms with E-state index in [1.54, 1.807) is 0 Å². The molecule has 0 saturated heterocycles. The average Bonchev–Trinajstić information content (AvgIpc) is 3.86. The van der Waals surface area contributed by atoms with Crippen LogP contribution in [0.5, 0.6) is 0 Å². The van der Waals surface area contributed by atoms with E-state index in [1.165, 1.54) is 60.7 Å². The molecule has 0 bridgehead atoms. The second-order valence-corrected chi connectivity index (χ2v) is 17.4. The first-order valence-corrected chi connectivity index (χ1v) is 22.6. The van der Waals surface area contributed by atoms with Crippen molar-refractivity contribution in [1.29, 1.82) is 5.26 Å². The number of rotatable bonds is 6. The van der Waals surface area contributed by atoms with Crippen LogP contribution >= 0.6 is 0 Å². The summed E-state index contributed by atoms with van der Waals surface area (Å²) in [6.07, 6.45) is 0. The SMILES string of the molecule is [C-]#[N+]c1ccccc1N(c1ccccc1)c1ccc2c3c(c4ccccc4c2c1)-c1cc2ccc(N(c4ccccc4)c4ccccc4C#N)cc2cc1C31c2ccccc2-c2ccccc21. The normalized spacial score (nSPS) is 12.6. The minimum Gasteiger partial charge on any atom is -0.320 e. The summed E-state index contributed by atoms with van der Waals surface area (Å²) in [5.74, 6) is 0. The largest absolute Gasteiger partial charge is 0.320 e. The van der Waals surface area contributed by atoms with Crippen LogP contribution in [0.15, 0.2) is 231 Å². The Morgan fingerprint density at radius 2 is 0.970 bits per heavy atom. The summed E-state index contributed by atoms with van der Waals surface area (Å²) < 4.78 is 0. The Kier molecular flexibility index (Phi) is 8.52. The molecule has 4 nitrogen and oxygen atoms in total. The summed E-state index contributed by atoms with van der Waals surface area (Å²) in [5.41, 5.74) is 16.2. The summed E-state index contributed by atoms with van der Waals surface area (Å²) in [5, 5.41) is 17.3. The summed E-state index contributed by atoms with van der Waals surface area (Å²) in [6.45, 7) is 8.17. The fourth-order valence-corrected chi connectivity index (χ4v) is 11.4. The van der Waals surface area contributed by atoms with Crippen LogP contribution in [-0.2, 0) is 5.41 Å². The third kappa shape index (κ3) is 5.51. The quantitative estimate of drug-likeness (QED) is 0.123. The van der Waals surface area contributed by atoms with Crippen LogP contribution in [0, 0.1) is 17.9 Å². The van der Waals surface area contributed by atoms with Crippen molar-refractivity contribution in [2.75, 3.05) is 9.80 Å². The number of para-hydroxylation sites is 5. The molecule has 0 heterocycles. The second kappa shape index (κ2) is 14.9. The molecule has 4 heteroatoms. The van der Waals surface area contributed by atoms with E-state index in [-0.39, 0.29) is 0 Å². The monoisotopic (exact) mass is 850 g/mol. The van der Waals surface area contributed by atoms with Crippen LogP contribution in [0.4, 0.5) is 39.8 Å². The predicted molar refractivity (Wildman–Crippen MR) is 276 cm³/mol. The minimum absolute atomic E-state index is 0.593. The fourth-order valence-electron chi connectivity index (χ4n) is 11.4. The Bertz CT molecular complexity index is 3870. The van der Waals surface area contributed by atoms with Crippen LogP contribution in [0.2, 0.25) is 0 Å². The van der Waals surface area contributed by atoms with Crippen LogP contribution in [0.1, 0.15) is 27.8 Å². The van der Waals surface area contributed by atoms with Crippen molar-refractivity contribution >= 4 is 72.1 Å². The van der Waals surface area contributed by atoms with E-state index in [0.29, 0.717) is 11.3 Å². The summed E-state index contributed by atoms with van der Waals surface area (Å²) in [4.78, 5) is 8.40. The maximum Gasteiger partial charge on any atom is 0.210 e. The number of fused-ring (bicyclic) bond motifs is 16. The second-order valence-electron chi connectivity index (χ2n) is 17.4. The van der Waals surface area contributed by atoms with Gasteiger partial charge in [-0.3, -0.25) is 0 Å². The molecule has 2 aliphatic carbocycles.